The molecule has 0 saturated heterocycles. The van der Waals surface area contributed by atoms with Gasteiger partial charge in [-0.05, 0) is 37.5 Å². The van der Waals surface area contributed by atoms with E-state index < -0.39 is 11.9 Å². The molecule has 8 nitrogen and oxygen atoms in total. The number of rotatable bonds is 7. The molecular formula is C33H44O8. The van der Waals surface area contributed by atoms with Gasteiger partial charge in [0.25, 0.3) is 0 Å². The molecule has 0 aliphatic carbocycles. The minimum Gasteiger partial charge on any atom is -0.478 e. The summed E-state index contributed by atoms with van der Waals surface area (Å²) in [7, 11) is 1.33. The van der Waals surface area contributed by atoms with Gasteiger partial charge in [0, 0.05) is 16.7 Å². The van der Waals surface area contributed by atoms with E-state index in [1.807, 2.05) is 72.8 Å². The van der Waals surface area contributed by atoms with Gasteiger partial charge in [0.15, 0.2) is 0 Å². The first-order valence-electron chi connectivity index (χ1n) is 11.9. The molecule has 0 fully saturated rings. The predicted octanol–water partition coefficient (Wildman–Crippen LogP) is 6.30. The normalized spacial score (nSPS) is 8.05. The molecule has 0 saturated carbocycles. The lowest BCUT2D eigenvalue weighted by Crippen LogP contribution is -1.98. The fourth-order valence-corrected chi connectivity index (χ4v) is 1.65. The summed E-state index contributed by atoms with van der Waals surface area (Å²) in [5.41, 5.74) is 4.23. The molecule has 2 rings (SSSR count). The molecule has 8 heteroatoms. The molecule has 0 heterocycles. The van der Waals surface area contributed by atoms with Crippen LogP contribution >= 0.6 is 0 Å². The zero-order valence-electron chi connectivity index (χ0n) is 24.5. The van der Waals surface area contributed by atoms with Crippen LogP contribution in [-0.2, 0) is 19.1 Å². The van der Waals surface area contributed by atoms with Crippen LogP contribution in [0.15, 0.2) is 111 Å². The van der Waals surface area contributed by atoms with Gasteiger partial charge in [0.1, 0.15) is 0 Å². The summed E-state index contributed by atoms with van der Waals surface area (Å²) in [6, 6.07) is 18.0. The van der Waals surface area contributed by atoms with E-state index in [-0.39, 0.29) is 30.3 Å². The van der Waals surface area contributed by atoms with E-state index in [9.17, 15) is 14.4 Å². The first kappa shape index (κ1) is 43.3. The van der Waals surface area contributed by atoms with Gasteiger partial charge in [0.05, 0.1) is 20.3 Å². The first-order valence-corrected chi connectivity index (χ1v) is 11.9. The molecule has 0 unspecified atom stereocenters. The van der Waals surface area contributed by atoms with Gasteiger partial charge in [-0.25, -0.2) is 14.4 Å². The van der Waals surface area contributed by atoms with Crippen LogP contribution in [0.25, 0.3) is 18.2 Å². The number of methoxy groups -OCH3 is 1. The summed E-state index contributed by atoms with van der Waals surface area (Å²) in [6.45, 7) is 24.9. The minimum absolute atomic E-state index is 0.125. The number of benzene rings is 2. The van der Waals surface area contributed by atoms with E-state index in [1.165, 1.54) is 26.5 Å². The maximum atomic E-state index is 10.2. The molecule has 0 bridgehead atoms. The summed E-state index contributed by atoms with van der Waals surface area (Å²) in [5, 5.41) is 31.0. The van der Waals surface area contributed by atoms with Crippen LogP contribution in [0.5, 0.6) is 0 Å². The van der Waals surface area contributed by atoms with Crippen molar-refractivity contribution in [2.45, 2.75) is 20.8 Å². The molecule has 0 aliphatic rings. The number of hydrogen-bond acceptors (Lipinski definition) is 6. The van der Waals surface area contributed by atoms with Crippen molar-refractivity contribution in [1.82, 2.24) is 0 Å². The second-order valence-electron chi connectivity index (χ2n) is 7.54. The number of carbonyl (C=O) groups excluding carboxylic acids is 1. The summed E-state index contributed by atoms with van der Waals surface area (Å²) >= 11 is 0. The maximum Gasteiger partial charge on any atom is 0.332 e. The van der Waals surface area contributed by atoms with E-state index >= 15 is 0 Å². The van der Waals surface area contributed by atoms with Gasteiger partial charge < -0.3 is 25.2 Å². The standard InChI is InChI=1S/C10H10.C8H8.C5H8O2.2C4H6O2.C2H6O2/c1-3-9-7-5-6-8-10(9)4-2;1-2-8-6-4-3-5-7-8;1-4(2)5(6)7-3;2*1-3(2)4(5)6;3-1-2-4/h3-8H,1-2H2;2-7H,1H2;1H2,2-3H3;2*1H2,2H3,(H,5,6);3-4H,1-2H2. The average Bonchev–Trinajstić information content (AvgIpc) is 2.98. The van der Waals surface area contributed by atoms with Crippen LogP contribution in [0.1, 0.15) is 37.5 Å². The minimum atomic E-state index is -0.935. The van der Waals surface area contributed by atoms with Crippen LogP contribution in [0.3, 0.4) is 0 Å². The highest BCUT2D eigenvalue weighted by atomic mass is 16.5. The van der Waals surface area contributed by atoms with E-state index in [4.69, 9.17) is 20.4 Å². The number of carbonyl (C=O) groups is 3. The molecule has 0 aromatic heterocycles. The van der Waals surface area contributed by atoms with Gasteiger partial charge in [-0.3, -0.25) is 0 Å². The SMILES string of the molecule is C=C(C)C(=O)O.C=C(C)C(=O)O.C=C(C)C(=O)OC.C=Cc1ccccc1.C=Cc1ccccc1C=C.OCCO. The first-order chi connectivity index (χ1) is 19.2. The molecular weight excluding hydrogens is 524 g/mol. The van der Waals surface area contributed by atoms with Crippen LogP contribution in [-0.4, -0.2) is 58.7 Å². The molecule has 2 aromatic carbocycles. The zero-order valence-corrected chi connectivity index (χ0v) is 24.5. The molecule has 224 valence electrons. The van der Waals surface area contributed by atoms with Crippen molar-refractivity contribution in [2.24, 2.45) is 0 Å². The monoisotopic (exact) mass is 568 g/mol. The average molecular weight is 569 g/mol. The quantitative estimate of drug-likeness (QED) is 0.225. The van der Waals surface area contributed by atoms with Crippen molar-refractivity contribution in [3.8, 4) is 0 Å². The molecule has 0 aliphatic heterocycles. The van der Waals surface area contributed by atoms with Crippen LogP contribution in [0.4, 0.5) is 0 Å². The van der Waals surface area contributed by atoms with Crippen molar-refractivity contribution in [1.29, 1.82) is 0 Å². The number of esters is 1. The molecule has 0 radical (unpaired) electrons. The molecule has 0 atom stereocenters. The van der Waals surface area contributed by atoms with E-state index in [2.05, 4.69) is 44.2 Å². The van der Waals surface area contributed by atoms with Crippen LogP contribution in [0.2, 0.25) is 0 Å². The van der Waals surface area contributed by atoms with Crippen molar-refractivity contribution in [3.05, 3.63) is 127 Å². The Kier molecular flexibility index (Phi) is 31.4. The second kappa shape index (κ2) is 29.8. The van der Waals surface area contributed by atoms with E-state index in [0.29, 0.717) is 5.57 Å². The number of carboxylic acid groups (broad SMARTS) is 2. The molecule has 2 aromatic rings. The Bertz CT molecular complexity index is 1020. The van der Waals surface area contributed by atoms with Gasteiger partial charge in [-0.1, -0.05) is 112 Å². The number of ether oxygens (including phenoxy) is 1. The Hall–Kier alpha value is -4.79. The number of aliphatic hydroxyl groups excluding tert-OH is 2. The Morgan fingerprint density at radius 1 is 0.659 bits per heavy atom. The van der Waals surface area contributed by atoms with Gasteiger partial charge in [-0.2, -0.15) is 0 Å². The highest BCUT2D eigenvalue weighted by Crippen LogP contribution is 2.10. The third kappa shape index (κ3) is 31.3. The molecule has 0 spiro atoms. The Morgan fingerprint density at radius 3 is 1.12 bits per heavy atom. The van der Waals surface area contributed by atoms with Gasteiger partial charge >= 0.3 is 17.9 Å². The van der Waals surface area contributed by atoms with E-state index in [0.717, 1.165) is 11.1 Å². The lowest BCUT2D eigenvalue weighted by molar-refractivity contribution is -0.136. The largest absolute Gasteiger partial charge is 0.478 e. The van der Waals surface area contributed by atoms with Crippen LogP contribution < -0.4 is 0 Å². The number of aliphatic hydroxyl groups is 2. The lowest BCUT2D eigenvalue weighted by atomic mass is 10.1. The zero-order chi connectivity index (χ0) is 32.8. The number of hydrogen-bond donors (Lipinski definition) is 4. The van der Waals surface area contributed by atoms with E-state index in [1.54, 1.807) is 6.92 Å². The lowest BCUT2D eigenvalue weighted by Gasteiger charge is -1.96. The molecule has 41 heavy (non-hydrogen) atoms. The highest BCUT2D eigenvalue weighted by molar-refractivity contribution is 5.86. The Balaban J connectivity index is -0.000000205. The summed E-state index contributed by atoms with van der Waals surface area (Å²) < 4.78 is 4.27. The third-order valence-corrected chi connectivity index (χ3v) is 3.84. The smallest absolute Gasteiger partial charge is 0.332 e. The Morgan fingerprint density at radius 2 is 0.976 bits per heavy atom. The molecule has 4 N–H and O–H groups in total. The fourth-order valence-electron chi connectivity index (χ4n) is 1.65. The van der Waals surface area contributed by atoms with Crippen molar-refractivity contribution < 1.29 is 39.5 Å². The highest BCUT2D eigenvalue weighted by Gasteiger charge is 1.95. The fraction of sp³-hybridized carbons (Fsp3) is 0.182. The van der Waals surface area contributed by atoms with Gasteiger partial charge in [0.2, 0.25) is 0 Å². The van der Waals surface area contributed by atoms with Crippen molar-refractivity contribution >= 4 is 36.1 Å². The Labute approximate surface area is 244 Å². The number of carboxylic acids is 2. The number of aliphatic carboxylic acids is 2. The van der Waals surface area contributed by atoms with Crippen molar-refractivity contribution in [2.75, 3.05) is 20.3 Å². The van der Waals surface area contributed by atoms with Gasteiger partial charge in [-0.15, -0.1) is 0 Å². The third-order valence-electron chi connectivity index (χ3n) is 3.84. The topological polar surface area (TPSA) is 141 Å². The summed E-state index contributed by atoms with van der Waals surface area (Å²) in [4.78, 5) is 29.4. The maximum absolute atomic E-state index is 10.2. The predicted molar refractivity (Wildman–Crippen MR) is 169 cm³/mol. The summed E-state index contributed by atoms with van der Waals surface area (Å²) in [5.74, 6) is -2.22. The van der Waals surface area contributed by atoms with Crippen molar-refractivity contribution in [3.63, 3.8) is 0 Å². The molecule has 0 amide bonds. The second-order valence-corrected chi connectivity index (χ2v) is 7.54. The summed E-state index contributed by atoms with van der Waals surface area (Å²) in [6.07, 6.45) is 5.49. The van der Waals surface area contributed by atoms with Crippen LogP contribution in [0, 0.1) is 0 Å².